The number of likely N-dealkylation sites (tertiary alicyclic amines) is 1. The van der Waals surface area contributed by atoms with Crippen LogP contribution in [0.25, 0.3) is 11.0 Å². The number of phenols is 1. The Labute approximate surface area is 201 Å². The number of ether oxygens (including phenoxy) is 1. The van der Waals surface area contributed by atoms with Crippen LogP contribution in [0.4, 0.5) is 0 Å². The molecule has 0 unspecified atom stereocenters. The van der Waals surface area contributed by atoms with Crippen LogP contribution in [-0.2, 0) is 18.3 Å². The molecule has 174 valence electrons. The summed E-state index contributed by atoms with van der Waals surface area (Å²) in [6.45, 7) is 0.491. The van der Waals surface area contributed by atoms with E-state index in [-0.39, 0.29) is 11.7 Å². The lowest BCUT2D eigenvalue weighted by molar-refractivity contribution is -0.165. The first-order chi connectivity index (χ1) is 17.0. The summed E-state index contributed by atoms with van der Waals surface area (Å²) in [6.07, 6.45) is 0.809. The molecule has 1 saturated heterocycles. The Hall–Kier alpha value is -3.77. The molecular formula is C29H23NO5. The van der Waals surface area contributed by atoms with Gasteiger partial charge in [0.2, 0.25) is 0 Å². The molecule has 1 fully saturated rings. The maximum Gasteiger partial charge on any atom is 0.254 e. The molecule has 1 amide bonds. The number of carbonyl (C=O) groups is 1. The number of piperidine rings is 1. The zero-order chi connectivity index (χ0) is 23.5. The third kappa shape index (κ3) is 2.13. The van der Waals surface area contributed by atoms with Crippen molar-refractivity contribution in [2.24, 2.45) is 0 Å². The van der Waals surface area contributed by atoms with E-state index in [0.29, 0.717) is 37.1 Å². The molecule has 4 atom stereocenters. The molecule has 1 aromatic heterocycles. The van der Waals surface area contributed by atoms with Gasteiger partial charge in [0.25, 0.3) is 5.91 Å². The Balaban J connectivity index is 1.39. The van der Waals surface area contributed by atoms with Gasteiger partial charge in [0.05, 0.1) is 11.5 Å². The van der Waals surface area contributed by atoms with Crippen molar-refractivity contribution in [3.63, 3.8) is 0 Å². The first kappa shape index (κ1) is 19.5. The number of aromatic hydroxyl groups is 1. The molecular weight excluding hydrogens is 442 g/mol. The van der Waals surface area contributed by atoms with Crippen LogP contribution in [0.15, 0.2) is 71.1 Å². The number of benzene rings is 3. The fraction of sp³-hybridized carbons (Fsp3) is 0.276. The largest absolute Gasteiger partial charge is 0.504 e. The molecule has 4 aromatic rings. The Bertz CT molecular complexity index is 1560. The predicted octanol–water partition coefficient (Wildman–Crippen LogP) is 4.27. The van der Waals surface area contributed by atoms with Gasteiger partial charge in [-0.2, -0.15) is 0 Å². The molecule has 0 saturated carbocycles. The highest BCUT2D eigenvalue weighted by Gasteiger charge is 2.73. The number of furan rings is 1. The molecule has 0 radical (unpaired) electrons. The van der Waals surface area contributed by atoms with Crippen LogP contribution >= 0.6 is 0 Å². The average molecular weight is 466 g/mol. The summed E-state index contributed by atoms with van der Waals surface area (Å²) in [7, 11) is 0. The number of phenolic OH excluding ortho intramolecular Hbond substituents is 1. The van der Waals surface area contributed by atoms with Gasteiger partial charge in [-0.25, -0.2) is 0 Å². The zero-order valence-electron chi connectivity index (χ0n) is 18.9. The van der Waals surface area contributed by atoms with E-state index >= 15 is 0 Å². The van der Waals surface area contributed by atoms with Gasteiger partial charge in [-0.3, -0.25) is 4.79 Å². The molecule has 2 bridgehead atoms. The van der Waals surface area contributed by atoms with Gasteiger partial charge in [-0.1, -0.05) is 42.5 Å². The average Bonchev–Trinajstić information content (AvgIpc) is 3.41. The molecule has 4 aliphatic rings. The molecule has 8 rings (SSSR count). The molecule has 3 heterocycles. The minimum Gasteiger partial charge on any atom is -0.504 e. The van der Waals surface area contributed by atoms with Crippen molar-refractivity contribution in [3.8, 4) is 11.5 Å². The van der Waals surface area contributed by atoms with Gasteiger partial charge in [-0.15, -0.1) is 0 Å². The maximum absolute atomic E-state index is 13.7. The Morgan fingerprint density at radius 3 is 2.69 bits per heavy atom. The van der Waals surface area contributed by atoms with E-state index in [0.717, 1.165) is 33.4 Å². The lowest BCUT2D eigenvalue weighted by Gasteiger charge is -2.62. The highest BCUT2D eigenvalue weighted by Crippen LogP contribution is 2.69. The van der Waals surface area contributed by atoms with Gasteiger partial charge < -0.3 is 24.3 Å². The third-order valence-corrected chi connectivity index (χ3v) is 8.91. The number of para-hydroxylation sites is 1. The van der Waals surface area contributed by atoms with Crippen LogP contribution in [0, 0.1) is 0 Å². The fourth-order valence-electron chi connectivity index (χ4n) is 7.48. The number of nitrogens with zero attached hydrogens (tertiary/aromatic N) is 1. The summed E-state index contributed by atoms with van der Waals surface area (Å²) < 4.78 is 12.9. The lowest BCUT2D eigenvalue weighted by Crippen LogP contribution is -2.75. The highest BCUT2D eigenvalue weighted by molar-refractivity contribution is 5.95. The molecule has 6 heteroatoms. The molecule has 35 heavy (non-hydrogen) atoms. The maximum atomic E-state index is 13.7. The molecule has 6 nitrogen and oxygen atoms in total. The number of rotatable bonds is 1. The summed E-state index contributed by atoms with van der Waals surface area (Å²) in [5, 5.41) is 24.5. The van der Waals surface area contributed by atoms with Crippen LogP contribution < -0.4 is 4.74 Å². The number of hydrogen-bond donors (Lipinski definition) is 2. The van der Waals surface area contributed by atoms with Crippen molar-refractivity contribution < 1.29 is 24.2 Å². The quantitative estimate of drug-likeness (QED) is 0.439. The Kier molecular flexibility index (Phi) is 3.49. The normalized spacial score (nSPS) is 29.5. The van der Waals surface area contributed by atoms with Gasteiger partial charge in [0.15, 0.2) is 17.6 Å². The third-order valence-electron chi connectivity index (χ3n) is 8.91. The molecule has 2 N–H and O–H groups in total. The van der Waals surface area contributed by atoms with Crippen LogP contribution in [0.1, 0.15) is 45.3 Å². The van der Waals surface area contributed by atoms with E-state index in [2.05, 4.69) is 0 Å². The summed E-state index contributed by atoms with van der Waals surface area (Å²) in [4.78, 5) is 15.6. The van der Waals surface area contributed by atoms with Crippen molar-refractivity contribution in [2.75, 3.05) is 6.54 Å². The SMILES string of the molecule is O=C(c1ccccc1)N1CC[C@]23c4c5ccc(O)c4O[C@H]2c2oc4ccccc4c2C[C@@]3(O)[C@H]1C5. The van der Waals surface area contributed by atoms with E-state index in [1.807, 2.05) is 65.6 Å². The molecule has 2 aliphatic heterocycles. The number of aliphatic hydroxyl groups is 1. The summed E-state index contributed by atoms with van der Waals surface area (Å²) in [5.74, 6) is 1.18. The van der Waals surface area contributed by atoms with Crippen molar-refractivity contribution in [2.45, 2.75) is 42.4 Å². The van der Waals surface area contributed by atoms with Crippen LogP contribution in [0.3, 0.4) is 0 Å². The molecule has 2 aliphatic carbocycles. The van der Waals surface area contributed by atoms with Crippen LogP contribution in [0.5, 0.6) is 11.5 Å². The summed E-state index contributed by atoms with van der Waals surface area (Å²) >= 11 is 0. The fourth-order valence-corrected chi connectivity index (χ4v) is 7.48. The monoisotopic (exact) mass is 465 g/mol. The van der Waals surface area contributed by atoms with Gasteiger partial charge in [0.1, 0.15) is 16.9 Å². The topological polar surface area (TPSA) is 83.1 Å². The summed E-state index contributed by atoms with van der Waals surface area (Å²) in [6, 6.07) is 20.3. The minimum absolute atomic E-state index is 0.0698. The second-order valence-electron chi connectivity index (χ2n) is 10.3. The summed E-state index contributed by atoms with van der Waals surface area (Å²) in [5.41, 5.74) is 2.14. The lowest BCUT2D eigenvalue weighted by atomic mass is 9.49. The second kappa shape index (κ2) is 6.26. The van der Waals surface area contributed by atoms with Crippen molar-refractivity contribution in [3.05, 3.63) is 94.7 Å². The highest BCUT2D eigenvalue weighted by atomic mass is 16.5. The van der Waals surface area contributed by atoms with E-state index in [9.17, 15) is 15.0 Å². The van der Waals surface area contributed by atoms with Crippen LogP contribution in [-0.4, -0.2) is 39.2 Å². The Morgan fingerprint density at radius 1 is 1.03 bits per heavy atom. The van der Waals surface area contributed by atoms with Gasteiger partial charge in [-0.05, 0) is 42.7 Å². The molecule has 1 spiro atoms. The second-order valence-corrected chi connectivity index (χ2v) is 10.3. The van der Waals surface area contributed by atoms with Crippen molar-refractivity contribution in [1.82, 2.24) is 4.90 Å². The number of hydrogen-bond acceptors (Lipinski definition) is 5. The van der Waals surface area contributed by atoms with Crippen molar-refractivity contribution >= 4 is 16.9 Å². The van der Waals surface area contributed by atoms with E-state index < -0.39 is 23.2 Å². The first-order valence-corrected chi connectivity index (χ1v) is 12.1. The van der Waals surface area contributed by atoms with Crippen LogP contribution in [0.2, 0.25) is 0 Å². The van der Waals surface area contributed by atoms with Gasteiger partial charge in [0, 0.05) is 35.0 Å². The van der Waals surface area contributed by atoms with Gasteiger partial charge >= 0.3 is 0 Å². The van der Waals surface area contributed by atoms with Crippen molar-refractivity contribution in [1.29, 1.82) is 0 Å². The van der Waals surface area contributed by atoms with E-state index in [1.54, 1.807) is 6.07 Å². The minimum atomic E-state index is -1.27. The number of amides is 1. The smallest absolute Gasteiger partial charge is 0.254 e. The zero-order valence-corrected chi connectivity index (χ0v) is 18.9. The predicted molar refractivity (Wildman–Crippen MR) is 128 cm³/mol. The Morgan fingerprint density at radius 2 is 1.83 bits per heavy atom. The molecule has 3 aromatic carbocycles. The standard InChI is InChI=1S/C29H23NO5/c31-20-11-10-17-14-22-29(33)15-19-18-8-4-5-9-21(18)34-24(19)26-28(29,23(17)25(20)35-26)12-13-30(22)27(32)16-6-2-1-3-7-16/h1-11,22,26,31,33H,12-15H2/t22-,26+,28+,29-/m1/s1. The van der Waals surface area contributed by atoms with E-state index in [4.69, 9.17) is 9.15 Å². The number of carbonyl (C=O) groups excluding carboxylic acids is 1. The number of fused-ring (bicyclic) bond motifs is 4. The first-order valence-electron chi connectivity index (χ1n) is 12.1. The van der Waals surface area contributed by atoms with E-state index in [1.165, 1.54) is 0 Å².